The second kappa shape index (κ2) is 6.79. The molecule has 104 valence electrons. The van der Waals surface area contributed by atoms with Gasteiger partial charge >= 0.3 is 11.9 Å². The van der Waals surface area contributed by atoms with Crippen molar-refractivity contribution in [3.63, 3.8) is 0 Å². The highest BCUT2D eigenvalue weighted by Gasteiger charge is 2.23. The first kappa shape index (κ1) is 15.0. The zero-order valence-electron chi connectivity index (χ0n) is 10.0. The second-order valence-corrected chi connectivity index (χ2v) is 3.93. The molecule has 0 saturated carbocycles. The highest BCUT2D eigenvalue weighted by atomic mass is 35.5. The highest BCUT2D eigenvalue weighted by Crippen LogP contribution is 2.16. The molecule has 19 heavy (non-hydrogen) atoms. The third kappa shape index (κ3) is 4.29. The van der Waals surface area contributed by atoms with Crippen LogP contribution in [0, 0.1) is 0 Å². The minimum atomic E-state index is -1.25. The summed E-state index contributed by atoms with van der Waals surface area (Å²) in [4.78, 5) is 33.6. The number of furan rings is 1. The third-order valence-electron chi connectivity index (χ3n) is 2.33. The van der Waals surface area contributed by atoms with Gasteiger partial charge in [-0.05, 0) is 24.1 Å². The number of carbonyl (C=O) groups is 3. The van der Waals surface area contributed by atoms with Crippen molar-refractivity contribution < 1.29 is 28.6 Å². The number of carboxylic acid groups (broad SMARTS) is 1. The molecule has 1 aromatic rings. The van der Waals surface area contributed by atoms with Gasteiger partial charge in [0, 0.05) is 6.42 Å². The van der Waals surface area contributed by atoms with Crippen molar-refractivity contribution in [3.05, 3.63) is 23.1 Å². The summed E-state index contributed by atoms with van der Waals surface area (Å²) in [6, 6.07) is 0.106. The molecule has 0 spiro atoms. The topological polar surface area (TPSA) is 106 Å². The number of aliphatic carboxylic acids is 1. The maximum atomic E-state index is 11.7. The van der Waals surface area contributed by atoms with E-state index < -0.39 is 23.9 Å². The van der Waals surface area contributed by atoms with Gasteiger partial charge in [-0.1, -0.05) is 0 Å². The SMILES string of the molecule is COC(=O)CC[C@@H](NC(=O)c1ccoc1Cl)C(=O)O. The molecule has 1 atom stereocenters. The average Bonchev–Trinajstić information content (AvgIpc) is 2.79. The maximum absolute atomic E-state index is 11.7. The van der Waals surface area contributed by atoms with E-state index in [-0.39, 0.29) is 23.6 Å². The van der Waals surface area contributed by atoms with Gasteiger partial charge < -0.3 is 19.6 Å². The number of hydrogen-bond acceptors (Lipinski definition) is 5. The Morgan fingerprint density at radius 1 is 1.53 bits per heavy atom. The lowest BCUT2D eigenvalue weighted by atomic mass is 10.1. The van der Waals surface area contributed by atoms with Gasteiger partial charge in [-0.3, -0.25) is 9.59 Å². The zero-order valence-corrected chi connectivity index (χ0v) is 10.8. The van der Waals surface area contributed by atoms with Crippen molar-refractivity contribution in [2.45, 2.75) is 18.9 Å². The Morgan fingerprint density at radius 2 is 2.21 bits per heavy atom. The van der Waals surface area contributed by atoms with Crippen molar-refractivity contribution in [2.75, 3.05) is 7.11 Å². The van der Waals surface area contributed by atoms with Crippen LogP contribution in [0.1, 0.15) is 23.2 Å². The fourth-order valence-corrected chi connectivity index (χ4v) is 1.51. The summed E-state index contributed by atoms with van der Waals surface area (Å²) >= 11 is 5.60. The van der Waals surface area contributed by atoms with E-state index in [0.717, 1.165) is 0 Å². The molecule has 0 aromatic carbocycles. The minimum Gasteiger partial charge on any atom is -0.480 e. The van der Waals surface area contributed by atoms with Crippen LogP contribution in [0.2, 0.25) is 5.22 Å². The number of carboxylic acids is 1. The van der Waals surface area contributed by atoms with Crippen LogP contribution in [-0.2, 0) is 14.3 Å². The summed E-state index contributed by atoms with van der Waals surface area (Å²) < 4.78 is 9.12. The number of hydrogen-bond donors (Lipinski definition) is 2. The molecule has 0 aliphatic rings. The summed E-state index contributed by atoms with van der Waals surface area (Å²) in [7, 11) is 1.20. The van der Waals surface area contributed by atoms with Crippen molar-refractivity contribution in [1.29, 1.82) is 0 Å². The number of nitrogens with one attached hydrogen (secondary N) is 1. The Kier molecular flexibility index (Phi) is 5.37. The van der Waals surface area contributed by atoms with Gasteiger partial charge in [0.1, 0.15) is 6.04 Å². The second-order valence-electron chi connectivity index (χ2n) is 3.59. The lowest BCUT2D eigenvalue weighted by Crippen LogP contribution is -2.41. The van der Waals surface area contributed by atoms with Gasteiger partial charge in [0.05, 0.1) is 18.9 Å². The number of rotatable bonds is 6. The van der Waals surface area contributed by atoms with Crippen LogP contribution >= 0.6 is 11.6 Å². The number of esters is 1. The average molecular weight is 290 g/mol. The van der Waals surface area contributed by atoms with Crippen molar-refractivity contribution in [1.82, 2.24) is 5.32 Å². The molecule has 1 rings (SSSR count). The van der Waals surface area contributed by atoms with Crippen LogP contribution in [0.3, 0.4) is 0 Å². The Balaban J connectivity index is 2.64. The fraction of sp³-hybridized carbons (Fsp3) is 0.364. The van der Waals surface area contributed by atoms with Gasteiger partial charge in [-0.25, -0.2) is 4.79 Å². The van der Waals surface area contributed by atoms with Gasteiger partial charge in [-0.15, -0.1) is 0 Å². The van der Waals surface area contributed by atoms with Crippen molar-refractivity contribution >= 4 is 29.4 Å². The van der Waals surface area contributed by atoms with E-state index in [9.17, 15) is 14.4 Å². The molecule has 2 N–H and O–H groups in total. The fourth-order valence-electron chi connectivity index (χ4n) is 1.31. The third-order valence-corrected chi connectivity index (χ3v) is 2.62. The summed E-state index contributed by atoms with van der Waals surface area (Å²) in [6.45, 7) is 0. The summed E-state index contributed by atoms with van der Waals surface area (Å²) in [5.41, 5.74) is 0.0333. The van der Waals surface area contributed by atoms with E-state index in [1.807, 2.05) is 0 Å². The van der Waals surface area contributed by atoms with Gasteiger partial charge in [0.2, 0.25) is 5.22 Å². The Hall–Kier alpha value is -2.02. The van der Waals surface area contributed by atoms with E-state index in [2.05, 4.69) is 10.1 Å². The van der Waals surface area contributed by atoms with E-state index in [0.29, 0.717) is 0 Å². The molecule has 0 bridgehead atoms. The standard InChI is InChI=1S/C11H12ClNO6/c1-18-8(14)3-2-7(11(16)17)13-10(15)6-4-5-19-9(6)12/h4-5,7H,2-3H2,1H3,(H,13,15)(H,16,17)/t7-/m1/s1. The molecule has 7 nitrogen and oxygen atoms in total. The van der Waals surface area contributed by atoms with Crippen LogP contribution < -0.4 is 5.32 Å². The van der Waals surface area contributed by atoms with E-state index in [1.165, 1.54) is 19.4 Å². The molecule has 8 heteroatoms. The van der Waals surface area contributed by atoms with Gasteiger partial charge in [0.15, 0.2) is 0 Å². The number of methoxy groups -OCH3 is 1. The normalized spacial score (nSPS) is 11.7. The summed E-state index contributed by atoms with van der Waals surface area (Å²) in [5, 5.41) is 11.1. The molecule has 1 amide bonds. The molecule has 0 fully saturated rings. The van der Waals surface area contributed by atoms with Crippen LogP contribution in [0.4, 0.5) is 0 Å². The van der Waals surface area contributed by atoms with Crippen LogP contribution in [0.15, 0.2) is 16.7 Å². The predicted molar refractivity (Wildman–Crippen MR) is 63.9 cm³/mol. The minimum absolute atomic E-state index is 0.0333. The van der Waals surface area contributed by atoms with Crippen LogP contribution in [-0.4, -0.2) is 36.1 Å². The van der Waals surface area contributed by atoms with Gasteiger partial charge in [-0.2, -0.15) is 0 Å². The molecule has 1 heterocycles. The largest absolute Gasteiger partial charge is 0.480 e. The number of ether oxygens (including phenoxy) is 1. The van der Waals surface area contributed by atoms with E-state index in [1.54, 1.807) is 0 Å². The van der Waals surface area contributed by atoms with Crippen LogP contribution in [0.25, 0.3) is 0 Å². The number of halogens is 1. The van der Waals surface area contributed by atoms with E-state index >= 15 is 0 Å². The molecule has 0 aliphatic heterocycles. The maximum Gasteiger partial charge on any atom is 0.326 e. The highest BCUT2D eigenvalue weighted by molar-refractivity contribution is 6.32. The lowest BCUT2D eigenvalue weighted by molar-refractivity contribution is -0.142. The van der Waals surface area contributed by atoms with Crippen molar-refractivity contribution in [3.8, 4) is 0 Å². The molecule has 0 radical (unpaired) electrons. The number of amides is 1. The molecule has 0 saturated heterocycles. The van der Waals surface area contributed by atoms with E-state index in [4.69, 9.17) is 21.1 Å². The zero-order chi connectivity index (χ0) is 14.4. The first-order valence-corrected chi connectivity index (χ1v) is 5.67. The smallest absolute Gasteiger partial charge is 0.326 e. The van der Waals surface area contributed by atoms with Gasteiger partial charge in [0.25, 0.3) is 5.91 Å². The molecule has 0 unspecified atom stereocenters. The van der Waals surface area contributed by atoms with Crippen LogP contribution in [0.5, 0.6) is 0 Å². The number of carbonyl (C=O) groups excluding carboxylic acids is 2. The predicted octanol–water partition coefficient (Wildman–Crippen LogP) is 1.07. The molecular weight excluding hydrogens is 278 g/mol. The van der Waals surface area contributed by atoms with Crippen molar-refractivity contribution in [2.24, 2.45) is 0 Å². The summed E-state index contributed by atoms with van der Waals surface area (Å²) in [6.07, 6.45) is 1.01. The monoisotopic (exact) mass is 289 g/mol. The Bertz CT molecular complexity index is 483. The molecular formula is C11H12ClNO6. The quantitative estimate of drug-likeness (QED) is 0.759. The first-order chi connectivity index (χ1) is 8.95. The Morgan fingerprint density at radius 3 is 2.68 bits per heavy atom. The summed E-state index contributed by atoms with van der Waals surface area (Å²) in [5.74, 6) is -2.49. The molecule has 1 aromatic heterocycles. The molecule has 0 aliphatic carbocycles. The lowest BCUT2D eigenvalue weighted by Gasteiger charge is -2.13. The first-order valence-electron chi connectivity index (χ1n) is 5.29. The Labute approximate surface area is 113 Å².